The molecule has 6 nitrogen and oxygen atoms in total. The fraction of sp³-hybridized carbons (Fsp3) is 0.750. The van der Waals surface area contributed by atoms with Gasteiger partial charge in [0.15, 0.2) is 0 Å². The Morgan fingerprint density at radius 2 is 2.09 bits per heavy atom. The maximum Gasteiger partial charge on any atom is 0.317 e. The number of amides is 2. The van der Waals surface area contributed by atoms with Gasteiger partial charge < -0.3 is 19.7 Å². The normalized spacial score (nSPS) is 39.5. The molecule has 34 heavy (non-hydrogen) atoms. The molecule has 4 aliphatic carbocycles. The molecule has 6 aliphatic rings. The van der Waals surface area contributed by atoms with Crippen LogP contribution in [0.2, 0.25) is 0 Å². The number of nitrogens with one attached hydrogen (secondary N) is 1. The van der Waals surface area contributed by atoms with Crippen LogP contribution in [0, 0.1) is 23.2 Å². The molecule has 184 valence electrons. The van der Waals surface area contributed by atoms with E-state index in [-0.39, 0.29) is 11.4 Å². The number of urea groups is 1. The Balaban J connectivity index is 1.30. The summed E-state index contributed by atoms with van der Waals surface area (Å²) < 4.78 is 10.9. The van der Waals surface area contributed by atoms with Crippen LogP contribution in [-0.2, 0) is 16.6 Å². The molecule has 3 saturated carbocycles. The third-order valence-electron chi connectivity index (χ3n) is 10.8. The van der Waals surface area contributed by atoms with Gasteiger partial charge >= 0.3 is 6.03 Å². The number of fused-ring (bicyclic) bond motifs is 1. The molecule has 2 saturated heterocycles. The first-order chi connectivity index (χ1) is 16.6. The maximum atomic E-state index is 13.2. The van der Waals surface area contributed by atoms with Crippen LogP contribution in [0.1, 0.15) is 49.7 Å². The van der Waals surface area contributed by atoms with Crippen molar-refractivity contribution in [1.29, 1.82) is 0 Å². The van der Waals surface area contributed by atoms with Crippen molar-refractivity contribution in [3.8, 4) is 5.75 Å². The third-order valence-corrected chi connectivity index (χ3v) is 10.8. The summed E-state index contributed by atoms with van der Waals surface area (Å²) in [6.45, 7) is 4.60. The van der Waals surface area contributed by atoms with Crippen LogP contribution < -0.4 is 10.1 Å². The largest absolute Gasteiger partial charge is 0.497 e. The topological polar surface area (TPSA) is 54.0 Å². The minimum atomic E-state index is 0.116. The van der Waals surface area contributed by atoms with Gasteiger partial charge in [-0.05, 0) is 97.9 Å². The highest BCUT2D eigenvalue weighted by Crippen LogP contribution is 2.75. The summed E-state index contributed by atoms with van der Waals surface area (Å²) in [4.78, 5) is 18.4. The van der Waals surface area contributed by atoms with E-state index in [0.29, 0.717) is 42.5 Å². The zero-order valence-electron chi connectivity index (χ0n) is 20.7. The average Bonchev–Trinajstić information content (AvgIpc) is 3.53. The van der Waals surface area contributed by atoms with Crippen molar-refractivity contribution in [2.45, 2.75) is 62.4 Å². The fourth-order valence-electron chi connectivity index (χ4n) is 9.66. The van der Waals surface area contributed by atoms with E-state index in [9.17, 15) is 4.79 Å². The molecule has 1 aromatic carbocycles. The first kappa shape index (κ1) is 21.5. The third kappa shape index (κ3) is 2.73. The van der Waals surface area contributed by atoms with Crippen LogP contribution in [0.3, 0.4) is 0 Å². The van der Waals surface area contributed by atoms with Gasteiger partial charge in [-0.25, -0.2) is 4.79 Å². The molecule has 0 aromatic heterocycles. The lowest BCUT2D eigenvalue weighted by molar-refractivity contribution is -0.101. The van der Waals surface area contributed by atoms with E-state index in [1.54, 1.807) is 25.3 Å². The van der Waals surface area contributed by atoms with Crippen LogP contribution in [0.15, 0.2) is 18.2 Å². The molecule has 1 N–H and O–H groups in total. The van der Waals surface area contributed by atoms with Crippen LogP contribution in [0.25, 0.3) is 0 Å². The first-order valence-corrected chi connectivity index (χ1v) is 13.6. The molecule has 4 bridgehead atoms. The van der Waals surface area contributed by atoms with Crippen LogP contribution in [0.5, 0.6) is 5.75 Å². The lowest BCUT2D eigenvalue weighted by Crippen LogP contribution is -2.70. The lowest BCUT2D eigenvalue weighted by Gasteiger charge is -2.66. The summed E-state index contributed by atoms with van der Waals surface area (Å²) in [6, 6.07) is 8.06. The molecule has 2 heterocycles. The van der Waals surface area contributed by atoms with E-state index in [2.05, 4.69) is 33.3 Å². The van der Waals surface area contributed by atoms with Gasteiger partial charge in [-0.1, -0.05) is 6.07 Å². The molecule has 5 unspecified atom stereocenters. The van der Waals surface area contributed by atoms with Gasteiger partial charge in [0.25, 0.3) is 0 Å². The second-order valence-electron chi connectivity index (χ2n) is 12.0. The standard InChI is InChI=1S/C28H39N3O3/c1-33-12-10-29-26(32)31-17-20-15-27-8-7-23(31)25(20)28(27)9-11-30(16-18-3-4-18)24(27)13-19-5-6-21(34-2)14-22(19)28/h5-6,14,18,20,23-25H,3-4,7-13,15-17H2,1-2H3,(H,29,32)/t20-,23?,24?,25?,27?,28?/m1/s1. The summed E-state index contributed by atoms with van der Waals surface area (Å²) in [7, 11) is 3.48. The van der Waals surface area contributed by atoms with Crippen molar-refractivity contribution >= 4 is 6.03 Å². The number of likely N-dealkylation sites (tertiary alicyclic amines) is 2. The van der Waals surface area contributed by atoms with Crippen molar-refractivity contribution in [1.82, 2.24) is 15.1 Å². The molecule has 2 amide bonds. The molecule has 0 radical (unpaired) electrons. The summed E-state index contributed by atoms with van der Waals surface area (Å²) >= 11 is 0. The van der Waals surface area contributed by atoms with Crippen LogP contribution >= 0.6 is 0 Å². The van der Waals surface area contributed by atoms with E-state index >= 15 is 0 Å². The number of carbonyl (C=O) groups is 1. The Bertz CT molecular complexity index is 995. The fourth-order valence-corrected chi connectivity index (χ4v) is 9.66. The minimum Gasteiger partial charge on any atom is -0.497 e. The number of benzene rings is 1. The van der Waals surface area contributed by atoms with Gasteiger partial charge in [0.2, 0.25) is 0 Å². The van der Waals surface area contributed by atoms with Gasteiger partial charge in [-0.15, -0.1) is 0 Å². The predicted molar refractivity (Wildman–Crippen MR) is 130 cm³/mol. The Morgan fingerprint density at radius 3 is 2.88 bits per heavy atom. The second kappa shape index (κ2) is 7.60. The zero-order valence-corrected chi connectivity index (χ0v) is 20.7. The average molecular weight is 466 g/mol. The smallest absolute Gasteiger partial charge is 0.317 e. The van der Waals surface area contributed by atoms with Gasteiger partial charge in [0.1, 0.15) is 5.75 Å². The summed E-state index contributed by atoms with van der Waals surface area (Å²) in [5.74, 6) is 3.12. The molecule has 6 atom stereocenters. The summed E-state index contributed by atoms with van der Waals surface area (Å²) in [5.41, 5.74) is 3.68. The number of hydrogen-bond acceptors (Lipinski definition) is 4. The quantitative estimate of drug-likeness (QED) is 0.654. The van der Waals surface area contributed by atoms with Crippen molar-refractivity contribution in [3.63, 3.8) is 0 Å². The van der Waals surface area contributed by atoms with Crippen LogP contribution in [0.4, 0.5) is 4.79 Å². The highest BCUT2D eigenvalue weighted by molar-refractivity contribution is 5.75. The van der Waals surface area contributed by atoms with E-state index in [4.69, 9.17) is 9.47 Å². The van der Waals surface area contributed by atoms with Gasteiger partial charge in [-0.2, -0.15) is 0 Å². The molecule has 0 spiro atoms. The van der Waals surface area contributed by atoms with Gasteiger partial charge in [0.05, 0.1) is 13.7 Å². The molecule has 7 rings (SSSR count). The zero-order chi connectivity index (χ0) is 23.1. The van der Waals surface area contributed by atoms with Gasteiger partial charge in [-0.3, -0.25) is 4.90 Å². The Morgan fingerprint density at radius 1 is 1.21 bits per heavy atom. The number of rotatable bonds is 6. The van der Waals surface area contributed by atoms with Crippen molar-refractivity contribution in [2.24, 2.45) is 23.2 Å². The number of carbonyl (C=O) groups excluding carboxylic acids is 1. The maximum absolute atomic E-state index is 13.2. The SMILES string of the molecule is COCCNC(=O)N1C[C@H]2CC34CCC1C2C31CCN(CC2CC2)C4Cc2ccc(OC)cc21. The second-order valence-corrected chi connectivity index (χ2v) is 12.0. The first-order valence-electron chi connectivity index (χ1n) is 13.6. The number of nitrogens with zero attached hydrogens (tertiary/aromatic N) is 2. The molecular formula is C28H39N3O3. The van der Waals surface area contributed by atoms with Crippen molar-refractivity contribution < 1.29 is 14.3 Å². The molecule has 2 aliphatic heterocycles. The van der Waals surface area contributed by atoms with E-state index < -0.39 is 0 Å². The Hall–Kier alpha value is -1.79. The summed E-state index contributed by atoms with van der Waals surface area (Å²) in [6.07, 6.45) is 9.00. The minimum absolute atomic E-state index is 0.116. The number of ether oxygens (including phenoxy) is 2. The Kier molecular flexibility index (Phi) is 4.81. The summed E-state index contributed by atoms with van der Waals surface area (Å²) in [5, 5.41) is 3.13. The van der Waals surface area contributed by atoms with Gasteiger partial charge in [0, 0.05) is 44.2 Å². The predicted octanol–water partition coefficient (Wildman–Crippen LogP) is 3.43. The van der Waals surface area contributed by atoms with Crippen molar-refractivity contribution in [2.75, 3.05) is 47.0 Å². The molecular weight excluding hydrogens is 426 g/mol. The highest BCUT2D eigenvalue weighted by Gasteiger charge is 2.76. The van der Waals surface area contributed by atoms with Crippen LogP contribution in [-0.4, -0.2) is 74.9 Å². The van der Waals surface area contributed by atoms with E-state index in [1.807, 2.05) is 0 Å². The Labute approximate surface area is 203 Å². The monoisotopic (exact) mass is 465 g/mol. The van der Waals surface area contributed by atoms with E-state index in [0.717, 1.165) is 24.6 Å². The van der Waals surface area contributed by atoms with E-state index in [1.165, 1.54) is 51.6 Å². The lowest BCUT2D eigenvalue weighted by atomic mass is 9.43. The molecule has 6 heteroatoms. The van der Waals surface area contributed by atoms with Crippen molar-refractivity contribution in [3.05, 3.63) is 29.3 Å². The number of hydrogen-bond donors (Lipinski definition) is 1. The molecule has 5 fully saturated rings. The molecule has 1 aromatic rings. The number of piperidine rings is 1. The number of methoxy groups -OCH3 is 2. The highest BCUT2D eigenvalue weighted by atomic mass is 16.5.